The first-order valence-electron chi connectivity index (χ1n) is 7.63. The van der Waals surface area contributed by atoms with Gasteiger partial charge >= 0.3 is 0 Å². The lowest BCUT2D eigenvalue weighted by atomic mass is 10.1. The predicted molar refractivity (Wildman–Crippen MR) is 93.2 cm³/mol. The van der Waals surface area contributed by atoms with Gasteiger partial charge in [-0.15, -0.1) is 0 Å². The van der Waals surface area contributed by atoms with Gasteiger partial charge in [-0.25, -0.2) is 0 Å². The molecule has 0 fully saturated rings. The van der Waals surface area contributed by atoms with Gasteiger partial charge in [-0.05, 0) is 43.2 Å². The highest BCUT2D eigenvalue weighted by molar-refractivity contribution is 5.91. The Morgan fingerprint density at radius 2 is 1.78 bits per heavy atom. The molecule has 0 atom stereocenters. The van der Waals surface area contributed by atoms with Crippen LogP contribution in [-0.4, -0.2) is 28.8 Å². The van der Waals surface area contributed by atoms with Crippen molar-refractivity contribution in [3.05, 3.63) is 59.8 Å². The molecule has 3 rings (SSSR count). The summed E-state index contributed by atoms with van der Waals surface area (Å²) in [6, 6.07) is 15.2. The average Bonchev–Trinajstić information content (AvgIpc) is 2.54. The molecule has 2 N–H and O–H groups in total. The van der Waals surface area contributed by atoms with E-state index in [1.54, 1.807) is 6.07 Å². The zero-order chi connectivity index (χ0) is 16.4. The summed E-state index contributed by atoms with van der Waals surface area (Å²) >= 11 is 0. The van der Waals surface area contributed by atoms with E-state index >= 15 is 0 Å². The Morgan fingerprint density at radius 1 is 1.00 bits per heavy atom. The van der Waals surface area contributed by atoms with Gasteiger partial charge < -0.3 is 15.1 Å². The molecule has 0 saturated heterocycles. The van der Waals surface area contributed by atoms with Crippen molar-refractivity contribution in [3.8, 4) is 11.5 Å². The number of likely N-dealkylation sites (N-methyl/N-ethyl adjacent to an activating group) is 1. The number of phenolic OH excluding ortho intramolecular Hbond substituents is 2. The molecule has 4 nitrogen and oxygen atoms in total. The molecular weight excluding hydrogens is 288 g/mol. The first kappa shape index (κ1) is 15.2. The minimum Gasteiger partial charge on any atom is -0.504 e. The normalized spacial score (nSPS) is 10.9. The van der Waals surface area contributed by atoms with Crippen LogP contribution in [0.5, 0.6) is 11.5 Å². The van der Waals surface area contributed by atoms with Gasteiger partial charge in [0.2, 0.25) is 0 Å². The van der Waals surface area contributed by atoms with E-state index in [4.69, 9.17) is 0 Å². The maximum atomic E-state index is 9.59. The summed E-state index contributed by atoms with van der Waals surface area (Å²) in [7, 11) is 2.06. The fourth-order valence-corrected chi connectivity index (χ4v) is 2.74. The summed E-state index contributed by atoms with van der Waals surface area (Å²) in [5.41, 5.74) is 4.13. The molecular formula is C19H20N2O2. The van der Waals surface area contributed by atoms with Gasteiger partial charge in [-0.1, -0.05) is 24.3 Å². The van der Waals surface area contributed by atoms with E-state index in [2.05, 4.69) is 29.1 Å². The molecule has 1 heterocycles. The number of aromatic hydroxyl groups is 2. The van der Waals surface area contributed by atoms with Crippen LogP contribution in [0.1, 0.15) is 11.3 Å². The molecule has 0 aliphatic rings. The quantitative estimate of drug-likeness (QED) is 0.723. The lowest BCUT2D eigenvalue weighted by molar-refractivity contribution is 0.403. The average molecular weight is 308 g/mol. The highest BCUT2D eigenvalue weighted by Crippen LogP contribution is 2.27. The number of aryl methyl sites for hydroxylation is 1. The van der Waals surface area contributed by atoms with Gasteiger partial charge in [0.1, 0.15) is 0 Å². The van der Waals surface area contributed by atoms with Crippen LogP contribution < -0.4 is 4.90 Å². The second-order valence-electron chi connectivity index (χ2n) is 5.79. The third-order valence-electron chi connectivity index (χ3n) is 4.01. The van der Waals surface area contributed by atoms with Crippen LogP contribution in [0.4, 0.5) is 5.69 Å². The van der Waals surface area contributed by atoms with E-state index in [-0.39, 0.29) is 11.5 Å². The molecule has 23 heavy (non-hydrogen) atoms. The van der Waals surface area contributed by atoms with Crippen molar-refractivity contribution < 1.29 is 10.2 Å². The number of benzene rings is 2. The summed E-state index contributed by atoms with van der Waals surface area (Å²) < 4.78 is 0. The fraction of sp³-hybridized carbons (Fsp3) is 0.211. The smallest absolute Gasteiger partial charge is 0.157 e. The summed E-state index contributed by atoms with van der Waals surface area (Å²) in [6.45, 7) is 2.81. The van der Waals surface area contributed by atoms with Crippen LogP contribution >= 0.6 is 0 Å². The molecule has 2 aromatic carbocycles. The Hall–Kier alpha value is -2.75. The maximum Gasteiger partial charge on any atom is 0.157 e. The molecule has 118 valence electrons. The Morgan fingerprint density at radius 3 is 2.57 bits per heavy atom. The number of para-hydroxylation sites is 1. The van der Waals surface area contributed by atoms with Crippen LogP contribution in [0.3, 0.4) is 0 Å². The summed E-state index contributed by atoms with van der Waals surface area (Å²) in [5, 5.41) is 20.1. The van der Waals surface area contributed by atoms with E-state index in [1.807, 2.05) is 31.2 Å². The van der Waals surface area contributed by atoms with Crippen molar-refractivity contribution in [2.45, 2.75) is 13.3 Å². The minimum absolute atomic E-state index is 0.0737. The number of phenols is 2. The molecule has 0 spiro atoms. The van der Waals surface area contributed by atoms with Crippen LogP contribution in [0.2, 0.25) is 0 Å². The molecule has 0 bridgehead atoms. The monoisotopic (exact) mass is 308 g/mol. The largest absolute Gasteiger partial charge is 0.504 e. The van der Waals surface area contributed by atoms with Crippen molar-refractivity contribution in [1.82, 2.24) is 4.98 Å². The Labute approximate surface area is 135 Å². The van der Waals surface area contributed by atoms with E-state index in [1.165, 1.54) is 6.07 Å². The number of nitrogens with zero attached hydrogens (tertiary/aromatic N) is 2. The predicted octanol–water partition coefficient (Wildman–Crippen LogP) is 3.63. The third-order valence-corrected chi connectivity index (χ3v) is 4.01. The Bertz CT molecular complexity index is 846. The Balaban J connectivity index is 1.83. The number of hydrogen-bond acceptors (Lipinski definition) is 4. The number of aromatic nitrogens is 1. The fourth-order valence-electron chi connectivity index (χ4n) is 2.74. The number of rotatable bonds is 4. The van der Waals surface area contributed by atoms with Crippen molar-refractivity contribution in [2.24, 2.45) is 0 Å². The molecule has 1 aromatic heterocycles. The van der Waals surface area contributed by atoms with E-state index in [0.29, 0.717) is 0 Å². The molecule has 0 unspecified atom stereocenters. The molecule has 4 heteroatoms. The highest BCUT2D eigenvalue weighted by atomic mass is 16.3. The van der Waals surface area contributed by atoms with E-state index in [0.717, 1.165) is 40.8 Å². The SMILES string of the molecule is Cc1cc(N(C)CCc2ccc(O)c(O)c2)c2ccccc2n1. The van der Waals surface area contributed by atoms with Crippen molar-refractivity contribution >= 4 is 16.6 Å². The van der Waals surface area contributed by atoms with Crippen LogP contribution in [0, 0.1) is 6.92 Å². The zero-order valence-corrected chi connectivity index (χ0v) is 13.3. The minimum atomic E-state index is -0.0853. The first-order valence-corrected chi connectivity index (χ1v) is 7.63. The molecule has 0 aliphatic heterocycles. The zero-order valence-electron chi connectivity index (χ0n) is 13.3. The second kappa shape index (κ2) is 6.16. The van der Waals surface area contributed by atoms with E-state index in [9.17, 15) is 10.2 Å². The van der Waals surface area contributed by atoms with Gasteiger partial charge in [0, 0.05) is 30.4 Å². The van der Waals surface area contributed by atoms with Crippen molar-refractivity contribution in [1.29, 1.82) is 0 Å². The van der Waals surface area contributed by atoms with Crippen LogP contribution in [-0.2, 0) is 6.42 Å². The molecule has 0 amide bonds. The number of fused-ring (bicyclic) bond motifs is 1. The molecule has 3 aromatic rings. The second-order valence-corrected chi connectivity index (χ2v) is 5.79. The van der Waals surface area contributed by atoms with Gasteiger partial charge in [-0.3, -0.25) is 4.98 Å². The molecule has 0 radical (unpaired) electrons. The van der Waals surface area contributed by atoms with Gasteiger partial charge in [0.05, 0.1) is 5.52 Å². The van der Waals surface area contributed by atoms with Gasteiger partial charge in [0.25, 0.3) is 0 Å². The summed E-state index contributed by atoms with van der Waals surface area (Å²) in [6.07, 6.45) is 0.778. The lowest BCUT2D eigenvalue weighted by Crippen LogP contribution is -2.20. The third kappa shape index (κ3) is 3.21. The van der Waals surface area contributed by atoms with Crippen molar-refractivity contribution in [2.75, 3.05) is 18.5 Å². The van der Waals surface area contributed by atoms with E-state index < -0.39 is 0 Å². The molecule has 0 saturated carbocycles. The number of pyridine rings is 1. The van der Waals surface area contributed by atoms with Gasteiger partial charge in [0.15, 0.2) is 11.5 Å². The van der Waals surface area contributed by atoms with Crippen molar-refractivity contribution in [3.63, 3.8) is 0 Å². The van der Waals surface area contributed by atoms with Crippen LogP contribution in [0.15, 0.2) is 48.5 Å². The topological polar surface area (TPSA) is 56.6 Å². The van der Waals surface area contributed by atoms with Crippen LogP contribution in [0.25, 0.3) is 10.9 Å². The number of hydrogen-bond donors (Lipinski definition) is 2. The maximum absolute atomic E-state index is 9.59. The standard InChI is InChI=1S/C19H20N2O2/c1-13-11-17(15-5-3-4-6-16(15)20-13)21(2)10-9-14-7-8-18(22)19(23)12-14/h3-8,11-12,22-23H,9-10H2,1-2H3. The summed E-state index contributed by atoms with van der Waals surface area (Å²) in [5.74, 6) is -0.159. The lowest BCUT2D eigenvalue weighted by Gasteiger charge is -2.21. The number of anilines is 1. The highest BCUT2D eigenvalue weighted by Gasteiger charge is 2.09. The summed E-state index contributed by atoms with van der Waals surface area (Å²) in [4.78, 5) is 6.77. The Kier molecular flexibility index (Phi) is 4.06. The first-order chi connectivity index (χ1) is 11.0. The van der Waals surface area contributed by atoms with Gasteiger partial charge in [-0.2, -0.15) is 0 Å². The molecule has 0 aliphatic carbocycles.